The molecule has 0 fully saturated rings. The van der Waals surface area contributed by atoms with E-state index in [9.17, 15) is 4.79 Å². The molecule has 3 heterocycles. The Morgan fingerprint density at radius 2 is 1.93 bits per heavy atom. The molecule has 2 aromatic heterocycles. The van der Waals surface area contributed by atoms with E-state index in [1.54, 1.807) is 21.1 Å². The van der Waals surface area contributed by atoms with Crippen LogP contribution in [0, 0.1) is 5.92 Å². The van der Waals surface area contributed by atoms with Gasteiger partial charge in [0, 0.05) is 28.3 Å². The number of carbonyl (C=O) groups is 1. The number of esters is 1. The van der Waals surface area contributed by atoms with E-state index in [1.165, 1.54) is 10.5 Å². The Labute approximate surface area is 250 Å². The number of ether oxygens (including phenoxy) is 4. The van der Waals surface area contributed by atoms with Gasteiger partial charge < -0.3 is 23.5 Å². The van der Waals surface area contributed by atoms with Gasteiger partial charge in [-0.25, -0.2) is 0 Å². The van der Waals surface area contributed by atoms with Crippen molar-refractivity contribution in [3.05, 3.63) is 81.9 Å². The summed E-state index contributed by atoms with van der Waals surface area (Å²) in [6.45, 7) is 6.91. The van der Waals surface area contributed by atoms with Gasteiger partial charge in [-0.2, -0.15) is 4.80 Å². The fraction of sp³-hybridized carbons (Fsp3) is 0.419. The van der Waals surface area contributed by atoms with Gasteiger partial charge in [-0.3, -0.25) is 4.79 Å². The number of halogens is 1. The molecule has 0 radical (unpaired) electrons. The first-order valence-corrected chi connectivity index (χ1v) is 14.5. The number of nitrogens with zero attached hydrogens (tertiary/aromatic N) is 5. The minimum Gasteiger partial charge on any atom is -0.493 e. The van der Waals surface area contributed by atoms with Crippen LogP contribution >= 0.6 is 11.6 Å². The Hall–Kier alpha value is -3.89. The predicted molar refractivity (Wildman–Crippen MR) is 157 cm³/mol. The number of tetrazole rings is 1. The summed E-state index contributed by atoms with van der Waals surface area (Å²) in [5.41, 5.74) is 4.96. The Morgan fingerprint density at radius 3 is 2.67 bits per heavy atom. The summed E-state index contributed by atoms with van der Waals surface area (Å²) < 4.78 is 25.8. The zero-order valence-electron chi connectivity index (χ0n) is 24.5. The minimum atomic E-state index is -0.511. The molecule has 0 bridgehead atoms. The van der Waals surface area contributed by atoms with Crippen LogP contribution in [-0.4, -0.2) is 51.6 Å². The van der Waals surface area contributed by atoms with E-state index in [4.69, 9.17) is 30.5 Å². The number of aromatic nitrogens is 5. The number of aryl methyl sites for hydroxylation is 1. The maximum atomic E-state index is 11.9. The second-order valence-corrected chi connectivity index (χ2v) is 11.0. The number of carbonyl (C=O) groups excluding carboxylic acids is 1. The molecule has 0 saturated heterocycles. The van der Waals surface area contributed by atoms with Crippen molar-refractivity contribution in [1.82, 2.24) is 24.8 Å². The van der Waals surface area contributed by atoms with Crippen LogP contribution in [0.5, 0.6) is 11.5 Å². The molecule has 0 spiro atoms. The number of hydrogen-bond donors (Lipinski definition) is 0. The smallest absolute Gasteiger partial charge is 0.313 e. The van der Waals surface area contributed by atoms with E-state index in [-0.39, 0.29) is 18.5 Å². The van der Waals surface area contributed by atoms with Gasteiger partial charge in [-0.1, -0.05) is 37.6 Å². The van der Waals surface area contributed by atoms with Crippen LogP contribution in [0.3, 0.4) is 0 Å². The fourth-order valence-electron chi connectivity index (χ4n) is 5.46. The molecule has 0 aliphatic carbocycles. The number of benzene rings is 2. The standard InChI is InChI=1S/C31H36ClN5O5/c1-6-41-29(38)18-28-33-35-36(34-28)15-14-26-25-13-11-21(16-19(2)3)37(25)24-12-10-20(32)17-23(24)30(42-26)22-8-7-9-27(39-4)31(22)40-5/h7-13,17,19,26,30H,6,14-16,18H2,1-5H3/t26-,30-/m1/s1. The van der Waals surface area contributed by atoms with Gasteiger partial charge in [-0.15, -0.1) is 10.2 Å². The molecule has 4 aromatic rings. The van der Waals surface area contributed by atoms with Gasteiger partial charge >= 0.3 is 5.97 Å². The van der Waals surface area contributed by atoms with E-state index < -0.39 is 6.10 Å². The van der Waals surface area contributed by atoms with Crippen LogP contribution in [0.15, 0.2) is 48.5 Å². The third-order valence-electron chi connectivity index (χ3n) is 7.16. The highest BCUT2D eigenvalue weighted by Gasteiger charge is 2.34. The van der Waals surface area contributed by atoms with Gasteiger partial charge in [0.25, 0.3) is 0 Å². The lowest BCUT2D eigenvalue weighted by molar-refractivity contribution is -0.142. The van der Waals surface area contributed by atoms with E-state index in [2.05, 4.69) is 52.0 Å². The topological polar surface area (TPSA) is 103 Å². The van der Waals surface area contributed by atoms with Crippen molar-refractivity contribution >= 4 is 17.6 Å². The lowest BCUT2D eigenvalue weighted by Crippen LogP contribution is -2.15. The molecule has 5 rings (SSSR count). The van der Waals surface area contributed by atoms with Crippen molar-refractivity contribution in [2.24, 2.45) is 5.92 Å². The van der Waals surface area contributed by atoms with Gasteiger partial charge in [0.2, 0.25) is 0 Å². The number of methoxy groups -OCH3 is 2. The Kier molecular flexibility index (Phi) is 9.13. The molecule has 0 saturated carbocycles. The van der Waals surface area contributed by atoms with E-state index >= 15 is 0 Å². The summed E-state index contributed by atoms with van der Waals surface area (Å²) in [6, 6.07) is 16.0. The highest BCUT2D eigenvalue weighted by molar-refractivity contribution is 6.30. The summed E-state index contributed by atoms with van der Waals surface area (Å²) in [5, 5.41) is 13.2. The molecule has 222 valence electrons. The molecule has 2 aromatic carbocycles. The average molecular weight is 594 g/mol. The number of hydrogen-bond acceptors (Lipinski definition) is 8. The van der Waals surface area contributed by atoms with Gasteiger partial charge in [0.05, 0.1) is 38.8 Å². The van der Waals surface area contributed by atoms with E-state index in [0.29, 0.717) is 47.8 Å². The van der Waals surface area contributed by atoms with Crippen LogP contribution in [0.25, 0.3) is 5.69 Å². The molecule has 1 aliphatic heterocycles. The van der Waals surface area contributed by atoms with Gasteiger partial charge in [0.15, 0.2) is 17.3 Å². The summed E-state index contributed by atoms with van der Waals surface area (Å²) >= 11 is 6.60. The molecular formula is C31H36ClN5O5. The lowest BCUT2D eigenvalue weighted by Gasteiger charge is -2.25. The third-order valence-corrected chi connectivity index (χ3v) is 7.40. The third kappa shape index (κ3) is 6.15. The highest BCUT2D eigenvalue weighted by Crippen LogP contribution is 2.47. The number of para-hydroxylation sites is 1. The van der Waals surface area contributed by atoms with Crippen LogP contribution in [0.1, 0.15) is 67.7 Å². The lowest BCUT2D eigenvalue weighted by atomic mass is 9.98. The van der Waals surface area contributed by atoms with Gasteiger partial charge in [0.1, 0.15) is 18.6 Å². The molecule has 1 aliphatic rings. The van der Waals surface area contributed by atoms with Crippen molar-refractivity contribution in [3.8, 4) is 17.2 Å². The zero-order chi connectivity index (χ0) is 29.8. The molecular weight excluding hydrogens is 558 g/mol. The SMILES string of the molecule is CCOC(=O)Cc1nnn(CC[C@H]2O[C@H](c3cccc(OC)c3OC)c3cc(Cl)ccc3-n3c(CC(C)C)ccc32)n1. The van der Waals surface area contributed by atoms with Crippen LogP contribution < -0.4 is 9.47 Å². The molecule has 0 N–H and O–H groups in total. The van der Waals surface area contributed by atoms with Crippen molar-refractivity contribution in [1.29, 1.82) is 0 Å². The second-order valence-electron chi connectivity index (χ2n) is 10.5. The predicted octanol–water partition coefficient (Wildman–Crippen LogP) is 5.69. The summed E-state index contributed by atoms with van der Waals surface area (Å²) in [5.74, 6) is 1.60. The Morgan fingerprint density at radius 1 is 1.10 bits per heavy atom. The van der Waals surface area contributed by atoms with E-state index in [1.807, 2.05) is 30.3 Å². The van der Waals surface area contributed by atoms with Crippen molar-refractivity contribution < 1.29 is 23.7 Å². The largest absolute Gasteiger partial charge is 0.493 e. The average Bonchev–Trinajstić information content (AvgIpc) is 3.56. The molecule has 42 heavy (non-hydrogen) atoms. The fourth-order valence-corrected chi connectivity index (χ4v) is 5.64. The van der Waals surface area contributed by atoms with Crippen LogP contribution in [0.4, 0.5) is 0 Å². The van der Waals surface area contributed by atoms with Crippen LogP contribution in [0.2, 0.25) is 5.02 Å². The van der Waals surface area contributed by atoms with E-state index in [0.717, 1.165) is 28.9 Å². The van der Waals surface area contributed by atoms with Crippen molar-refractivity contribution in [2.75, 3.05) is 20.8 Å². The maximum Gasteiger partial charge on any atom is 0.313 e. The summed E-state index contributed by atoms with van der Waals surface area (Å²) in [7, 11) is 3.25. The molecule has 10 nitrogen and oxygen atoms in total. The number of rotatable bonds is 11. The maximum absolute atomic E-state index is 11.9. The second kappa shape index (κ2) is 13.0. The minimum absolute atomic E-state index is 0.0248. The Balaban J connectivity index is 1.57. The molecule has 0 unspecified atom stereocenters. The highest BCUT2D eigenvalue weighted by atomic mass is 35.5. The van der Waals surface area contributed by atoms with Crippen molar-refractivity contribution in [2.45, 2.75) is 58.8 Å². The first kappa shape index (κ1) is 29.6. The normalized spacial score (nSPS) is 16.1. The first-order chi connectivity index (χ1) is 20.3. The molecule has 2 atom stereocenters. The first-order valence-electron chi connectivity index (χ1n) is 14.1. The zero-order valence-corrected chi connectivity index (χ0v) is 25.3. The summed E-state index contributed by atoms with van der Waals surface area (Å²) in [6.07, 6.45) is 0.554. The Bertz CT molecular complexity index is 1550. The quantitative estimate of drug-likeness (QED) is 0.204. The van der Waals surface area contributed by atoms with Crippen molar-refractivity contribution in [3.63, 3.8) is 0 Å². The van der Waals surface area contributed by atoms with Gasteiger partial charge in [-0.05, 0) is 60.9 Å². The monoisotopic (exact) mass is 593 g/mol. The molecule has 11 heteroatoms. The van der Waals surface area contributed by atoms with Crippen LogP contribution in [-0.2, 0) is 33.7 Å². The summed E-state index contributed by atoms with van der Waals surface area (Å²) in [4.78, 5) is 13.4. The molecule has 0 amide bonds. The number of fused-ring (bicyclic) bond motifs is 3.